The van der Waals surface area contributed by atoms with E-state index in [1.165, 1.54) is 12.8 Å². The maximum atomic E-state index is 12.3. The van der Waals surface area contributed by atoms with Crippen LogP contribution >= 0.6 is 0 Å². The highest BCUT2D eigenvalue weighted by Gasteiger charge is 2.35. The van der Waals surface area contributed by atoms with Crippen molar-refractivity contribution in [2.24, 2.45) is 23.2 Å². The van der Waals surface area contributed by atoms with E-state index in [1.54, 1.807) is 0 Å². The molecule has 2 N–H and O–H groups in total. The highest BCUT2D eigenvalue weighted by Crippen LogP contribution is 2.33. The fourth-order valence-corrected chi connectivity index (χ4v) is 4.33. The molecule has 2 rings (SSSR count). The number of nitrogens with one attached hydrogen (secondary N) is 2. The number of carbonyl (C=O) groups excluding carboxylic acids is 1. The molecule has 2 aliphatic rings. The minimum Gasteiger partial charge on any atom is -0.377 e. The lowest BCUT2D eigenvalue weighted by Crippen LogP contribution is -2.50. The van der Waals surface area contributed by atoms with Crippen molar-refractivity contribution in [2.75, 3.05) is 13.2 Å². The van der Waals surface area contributed by atoms with Crippen molar-refractivity contribution in [2.45, 2.75) is 78.9 Å². The molecule has 1 heterocycles. The molecule has 2 fully saturated rings. The summed E-state index contributed by atoms with van der Waals surface area (Å²) in [5.74, 6) is 1.78. The Labute approximate surface area is 142 Å². The Morgan fingerprint density at radius 3 is 2.57 bits per heavy atom. The first kappa shape index (κ1) is 18.6. The Hall–Kier alpha value is -0.770. The Bertz CT molecular complexity index is 391. The van der Waals surface area contributed by atoms with Gasteiger partial charge in [0.05, 0.1) is 6.10 Å². The van der Waals surface area contributed by atoms with Crippen LogP contribution in [0.3, 0.4) is 0 Å². The minimum absolute atomic E-state index is 0.00497. The molecule has 2 amide bonds. The van der Waals surface area contributed by atoms with Gasteiger partial charge in [0, 0.05) is 25.1 Å². The van der Waals surface area contributed by atoms with E-state index in [2.05, 4.69) is 45.3 Å². The first-order valence-electron chi connectivity index (χ1n) is 9.43. The Kier molecular flexibility index (Phi) is 6.35. The molecule has 1 saturated carbocycles. The van der Waals surface area contributed by atoms with E-state index in [4.69, 9.17) is 4.74 Å². The van der Waals surface area contributed by atoms with E-state index in [0.29, 0.717) is 24.4 Å². The van der Waals surface area contributed by atoms with E-state index < -0.39 is 0 Å². The second-order valence-electron chi connectivity index (χ2n) is 8.92. The molecule has 0 aromatic carbocycles. The second kappa shape index (κ2) is 7.87. The van der Waals surface area contributed by atoms with E-state index >= 15 is 0 Å². The Morgan fingerprint density at radius 1 is 1.17 bits per heavy atom. The van der Waals surface area contributed by atoms with Gasteiger partial charge in [0.25, 0.3) is 0 Å². The largest absolute Gasteiger partial charge is 0.377 e. The summed E-state index contributed by atoms with van der Waals surface area (Å²) in [5.41, 5.74) is 0.122. The first-order chi connectivity index (χ1) is 10.8. The van der Waals surface area contributed by atoms with Crippen LogP contribution in [-0.2, 0) is 4.74 Å². The van der Waals surface area contributed by atoms with E-state index in [-0.39, 0.29) is 17.6 Å². The average molecular weight is 325 g/mol. The van der Waals surface area contributed by atoms with Gasteiger partial charge in [-0.25, -0.2) is 4.79 Å². The Morgan fingerprint density at radius 2 is 1.91 bits per heavy atom. The highest BCUT2D eigenvalue weighted by atomic mass is 16.5. The van der Waals surface area contributed by atoms with Gasteiger partial charge >= 0.3 is 6.03 Å². The number of hydrogen-bond acceptors (Lipinski definition) is 2. The zero-order valence-corrected chi connectivity index (χ0v) is 15.7. The van der Waals surface area contributed by atoms with E-state index in [1.807, 2.05) is 0 Å². The standard InChI is InChI=1S/C19H36N2O2/c1-13-8-9-16(14(2)11-13)21-18(22)20-12-15-7-6-10-23-17(15)19(3,4)5/h13-17H,6-12H2,1-5H3,(H2,20,21,22). The van der Waals surface area contributed by atoms with Gasteiger partial charge in [-0.1, -0.05) is 34.6 Å². The maximum absolute atomic E-state index is 12.3. The van der Waals surface area contributed by atoms with Crippen LogP contribution in [0, 0.1) is 23.2 Å². The van der Waals surface area contributed by atoms with Crippen LogP contribution in [0.15, 0.2) is 0 Å². The third-order valence-electron chi connectivity index (χ3n) is 5.57. The average Bonchev–Trinajstić information content (AvgIpc) is 2.47. The smallest absolute Gasteiger partial charge is 0.315 e. The second-order valence-corrected chi connectivity index (χ2v) is 8.92. The molecule has 1 saturated heterocycles. The predicted molar refractivity (Wildman–Crippen MR) is 94.4 cm³/mol. The molecule has 0 aromatic heterocycles. The van der Waals surface area contributed by atoms with Crippen LogP contribution in [0.2, 0.25) is 0 Å². The van der Waals surface area contributed by atoms with Crippen molar-refractivity contribution in [3.05, 3.63) is 0 Å². The fourth-order valence-electron chi connectivity index (χ4n) is 4.33. The number of hydrogen-bond donors (Lipinski definition) is 2. The van der Waals surface area contributed by atoms with Crippen LogP contribution in [0.4, 0.5) is 4.79 Å². The Balaban J connectivity index is 1.79. The molecule has 5 unspecified atom stereocenters. The van der Waals surface area contributed by atoms with Crippen LogP contribution in [0.1, 0.15) is 66.7 Å². The number of ether oxygens (including phenoxy) is 1. The summed E-state index contributed by atoms with van der Waals surface area (Å²) in [6, 6.07) is 0.321. The molecular formula is C19H36N2O2. The molecule has 0 aromatic rings. The van der Waals surface area contributed by atoms with Crippen LogP contribution in [0.25, 0.3) is 0 Å². The van der Waals surface area contributed by atoms with Crippen molar-refractivity contribution >= 4 is 6.03 Å². The lowest BCUT2D eigenvalue weighted by Gasteiger charge is -2.40. The SMILES string of the molecule is CC1CCC(NC(=O)NCC2CCCOC2C(C)(C)C)C(C)C1. The monoisotopic (exact) mass is 324 g/mol. The molecule has 0 spiro atoms. The van der Waals surface area contributed by atoms with Crippen molar-refractivity contribution in [3.63, 3.8) is 0 Å². The molecule has 4 nitrogen and oxygen atoms in total. The zero-order chi connectivity index (χ0) is 17.0. The van der Waals surface area contributed by atoms with Gasteiger partial charge in [0.15, 0.2) is 0 Å². The molecule has 0 bridgehead atoms. The third kappa shape index (κ3) is 5.37. The summed E-state index contributed by atoms with van der Waals surface area (Å²) >= 11 is 0. The van der Waals surface area contributed by atoms with Crippen molar-refractivity contribution < 1.29 is 9.53 Å². The van der Waals surface area contributed by atoms with Gasteiger partial charge < -0.3 is 15.4 Å². The van der Waals surface area contributed by atoms with Gasteiger partial charge in [0.2, 0.25) is 0 Å². The number of urea groups is 1. The lowest BCUT2D eigenvalue weighted by atomic mass is 9.78. The molecule has 23 heavy (non-hydrogen) atoms. The minimum atomic E-state index is -0.00497. The quantitative estimate of drug-likeness (QED) is 0.826. The molecule has 5 atom stereocenters. The number of amides is 2. The van der Waals surface area contributed by atoms with Gasteiger partial charge in [-0.15, -0.1) is 0 Å². The van der Waals surface area contributed by atoms with Gasteiger partial charge in [-0.2, -0.15) is 0 Å². The van der Waals surface area contributed by atoms with Crippen LogP contribution in [-0.4, -0.2) is 31.3 Å². The highest BCUT2D eigenvalue weighted by molar-refractivity contribution is 5.74. The molecule has 1 aliphatic carbocycles. The van der Waals surface area contributed by atoms with Gasteiger partial charge in [-0.05, 0) is 49.4 Å². The summed E-state index contributed by atoms with van der Waals surface area (Å²) in [6.07, 6.45) is 6.00. The molecule has 134 valence electrons. The van der Waals surface area contributed by atoms with E-state index in [0.717, 1.165) is 31.8 Å². The summed E-state index contributed by atoms with van der Waals surface area (Å²) in [4.78, 5) is 12.3. The number of rotatable bonds is 3. The summed E-state index contributed by atoms with van der Waals surface area (Å²) in [6.45, 7) is 12.8. The fraction of sp³-hybridized carbons (Fsp3) is 0.947. The van der Waals surface area contributed by atoms with Crippen molar-refractivity contribution in [1.82, 2.24) is 10.6 Å². The predicted octanol–water partition coefficient (Wildman–Crippen LogP) is 3.95. The van der Waals surface area contributed by atoms with Crippen LogP contribution in [0.5, 0.6) is 0 Å². The third-order valence-corrected chi connectivity index (χ3v) is 5.57. The normalized spacial score (nSPS) is 35.6. The number of carbonyl (C=O) groups is 1. The van der Waals surface area contributed by atoms with Crippen molar-refractivity contribution in [1.29, 1.82) is 0 Å². The molecular weight excluding hydrogens is 288 g/mol. The van der Waals surface area contributed by atoms with Gasteiger partial charge in [-0.3, -0.25) is 0 Å². The van der Waals surface area contributed by atoms with Crippen LogP contribution < -0.4 is 10.6 Å². The molecule has 1 aliphatic heterocycles. The summed E-state index contributed by atoms with van der Waals surface area (Å²) < 4.78 is 5.99. The van der Waals surface area contributed by atoms with Gasteiger partial charge in [0.1, 0.15) is 0 Å². The molecule has 0 radical (unpaired) electrons. The maximum Gasteiger partial charge on any atom is 0.315 e. The lowest BCUT2D eigenvalue weighted by molar-refractivity contribution is -0.0838. The molecule has 4 heteroatoms. The summed E-state index contributed by atoms with van der Waals surface area (Å²) in [5, 5.41) is 6.29. The summed E-state index contributed by atoms with van der Waals surface area (Å²) in [7, 11) is 0. The first-order valence-corrected chi connectivity index (χ1v) is 9.43. The van der Waals surface area contributed by atoms with Crippen molar-refractivity contribution in [3.8, 4) is 0 Å². The topological polar surface area (TPSA) is 50.4 Å². The van der Waals surface area contributed by atoms with E-state index in [9.17, 15) is 4.79 Å². The zero-order valence-electron chi connectivity index (χ0n) is 15.7.